The first-order valence-electron chi connectivity index (χ1n) is 5.08. The van der Waals surface area contributed by atoms with Crippen LogP contribution in [-0.2, 0) is 9.53 Å². The van der Waals surface area contributed by atoms with Crippen LogP contribution in [0.5, 0.6) is 0 Å². The lowest BCUT2D eigenvalue weighted by Crippen LogP contribution is -2.46. The number of carbonyl (C=O) groups excluding carboxylic acids is 1. The molecule has 82 valence electrons. The minimum absolute atomic E-state index is 0.0248. The first-order valence-corrected chi connectivity index (χ1v) is 5.08. The molecular formula is C10H20N2O2. The molecule has 0 aromatic carbocycles. The summed E-state index contributed by atoms with van der Waals surface area (Å²) >= 11 is 0. The molecule has 1 amide bonds. The zero-order valence-electron chi connectivity index (χ0n) is 9.30. The number of carbonyl (C=O) groups is 1. The van der Waals surface area contributed by atoms with Gasteiger partial charge in [0.25, 0.3) is 0 Å². The number of nitrogens with one attached hydrogen (secondary N) is 1. The van der Waals surface area contributed by atoms with Crippen LogP contribution in [0.15, 0.2) is 0 Å². The van der Waals surface area contributed by atoms with Gasteiger partial charge in [0.2, 0.25) is 5.91 Å². The van der Waals surface area contributed by atoms with Crippen molar-refractivity contribution in [1.29, 1.82) is 0 Å². The fraction of sp³-hybridized carbons (Fsp3) is 0.900. The fourth-order valence-electron chi connectivity index (χ4n) is 1.52. The van der Waals surface area contributed by atoms with Gasteiger partial charge in [-0.05, 0) is 26.3 Å². The largest absolute Gasteiger partial charge is 0.364 e. The van der Waals surface area contributed by atoms with Crippen molar-refractivity contribution in [3.63, 3.8) is 0 Å². The molecule has 1 aliphatic heterocycles. The summed E-state index contributed by atoms with van der Waals surface area (Å²) in [6, 6.07) is 0. The standard InChI is InChI=1S/C10H20N2O2/c1-10(5-4-6-11-8-10)14-7-9(13)12(2)3/h11H,4-8H2,1-3H3. The van der Waals surface area contributed by atoms with Gasteiger partial charge in [-0.15, -0.1) is 0 Å². The van der Waals surface area contributed by atoms with Crippen LogP contribution in [-0.4, -0.2) is 50.2 Å². The predicted octanol–water partition coefficient (Wildman–Crippen LogP) is 0.233. The Bertz CT molecular complexity index is 198. The maximum Gasteiger partial charge on any atom is 0.248 e. The van der Waals surface area contributed by atoms with Crippen molar-refractivity contribution < 1.29 is 9.53 Å². The topological polar surface area (TPSA) is 41.6 Å². The van der Waals surface area contributed by atoms with Crippen LogP contribution in [0.2, 0.25) is 0 Å². The zero-order valence-corrected chi connectivity index (χ0v) is 9.30. The lowest BCUT2D eigenvalue weighted by molar-refractivity contribution is -0.141. The van der Waals surface area contributed by atoms with Gasteiger partial charge in [-0.3, -0.25) is 4.79 Å². The van der Waals surface area contributed by atoms with Crippen molar-refractivity contribution >= 4 is 5.91 Å². The lowest BCUT2D eigenvalue weighted by Gasteiger charge is -2.34. The molecule has 0 spiro atoms. The number of amides is 1. The second-order valence-electron chi connectivity index (χ2n) is 4.31. The van der Waals surface area contributed by atoms with E-state index in [1.165, 1.54) is 0 Å². The van der Waals surface area contributed by atoms with Gasteiger partial charge in [0, 0.05) is 20.6 Å². The number of rotatable bonds is 3. The molecule has 0 aromatic rings. The molecule has 1 saturated heterocycles. The summed E-state index contributed by atoms with van der Waals surface area (Å²) in [5.74, 6) is 0.0248. The van der Waals surface area contributed by atoms with Gasteiger partial charge in [0.05, 0.1) is 5.60 Å². The molecule has 0 bridgehead atoms. The van der Waals surface area contributed by atoms with E-state index < -0.39 is 0 Å². The highest BCUT2D eigenvalue weighted by atomic mass is 16.5. The molecule has 4 heteroatoms. The van der Waals surface area contributed by atoms with E-state index in [-0.39, 0.29) is 18.1 Å². The maximum atomic E-state index is 11.3. The molecule has 1 atom stereocenters. The van der Waals surface area contributed by atoms with E-state index in [2.05, 4.69) is 12.2 Å². The monoisotopic (exact) mass is 200 g/mol. The molecule has 14 heavy (non-hydrogen) atoms. The second kappa shape index (κ2) is 4.75. The molecule has 4 nitrogen and oxygen atoms in total. The molecule has 1 unspecified atom stereocenters. The van der Waals surface area contributed by atoms with Crippen LogP contribution in [0, 0.1) is 0 Å². The number of piperidine rings is 1. The van der Waals surface area contributed by atoms with E-state index in [1.807, 2.05) is 0 Å². The lowest BCUT2D eigenvalue weighted by atomic mass is 9.96. The van der Waals surface area contributed by atoms with Crippen LogP contribution in [0.4, 0.5) is 0 Å². The van der Waals surface area contributed by atoms with Gasteiger partial charge >= 0.3 is 0 Å². The van der Waals surface area contributed by atoms with Crippen LogP contribution in [0.3, 0.4) is 0 Å². The average molecular weight is 200 g/mol. The van der Waals surface area contributed by atoms with Gasteiger partial charge in [-0.1, -0.05) is 0 Å². The van der Waals surface area contributed by atoms with Crippen LogP contribution in [0.1, 0.15) is 19.8 Å². The molecule has 0 saturated carbocycles. The second-order valence-corrected chi connectivity index (χ2v) is 4.31. The maximum absolute atomic E-state index is 11.3. The Morgan fingerprint density at radius 3 is 2.79 bits per heavy atom. The van der Waals surface area contributed by atoms with Crippen LogP contribution < -0.4 is 5.32 Å². The third-order valence-corrected chi connectivity index (χ3v) is 2.60. The van der Waals surface area contributed by atoms with E-state index in [0.717, 1.165) is 25.9 Å². The van der Waals surface area contributed by atoms with Crippen molar-refractivity contribution in [3.8, 4) is 0 Å². The van der Waals surface area contributed by atoms with E-state index in [0.29, 0.717) is 0 Å². The summed E-state index contributed by atoms with van der Waals surface area (Å²) in [6.45, 7) is 4.14. The van der Waals surface area contributed by atoms with Gasteiger partial charge in [0.1, 0.15) is 6.61 Å². The summed E-state index contributed by atoms with van der Waals surface area (Å²) in [7, 11) is 3.49. The smallest absolute Gasteiger partial charge is 0.248 e. The van der Waals surface area contributed by atoms with E-state index in [9.17, 15) is 4.79 Å². The Kier molecular flexibility index (Phi) is 3.89. The van der Waals surface area contributed by atoms with Crippen LogP contribution >= 0.6 is 0 Å². The summed E-state index contributed by atoms with van der Waals surface area (Å²) in [4.78, 5) is 12.9. The molecule has 1 rings (SSSR count). The minimum atomic E-state index is -0.163. The zero-order chi connectivity index (χ0) is 10.6. The Labute approximate surface area is 85.6 Å². The van der Waals surface area contributed by atoms with Crippen molar-refractivity contribution in [2.75, 3.05) is 33.8 Å². The Hall–Kier alpha value is -0.610. The molecular weight excluding hydrogens is 180 g/mol. The van der Waals surface area contributed by atoms with Gasteiger partial charge in [0.15, 0.2) is 0 Å². The Balaban J connectivity index is 2.32. The quantitative estimate of drug-likeness (QED) is 0.709. The number of hydrogen-bond acceptors (Lipinski definition) is 3. The fourth-order valence-corrected chi connectivity index (χ4v) is 1.52. The molecule has 0 aromatic heterocycles. The van der Waals surface area contributed by atoms with Crippen molar-refractivity contribution in [2.24, 2.45) is 0 Å². The minimum Gasteiger partial charge on any atom is -0.364 e. The molecule has 1 N–H and O–H groups in total. The Morgan fingerprint density at radius 2 is 2.29 bits per heavy atom. The predicted molar refractivity (Wildman–Crippen MR) is 55.2 cm³/mol. The summed E-state index contributed by atoms with van der Waals surface area (Å²) in [6.07, 6.45) is 2.15. The molecule has 0 aliphatic carbocycles. The SMILES string of the molecule is CN(C)C(=O)COC1(C)CCCNC1. The van der Waals surface area contributed by atoms with E-state index in [4.69, 9.17) is 4.74 Å². The van der Waals surface area contributed by atoms with Gasteiger partial charge in [-0.25, -0.2) is 0 Å². The van der Waals surface area contributed by atoms with Gasteiger partial charge < -0.3 is 15.0 Å². The molecule has 1 fully saturated rings. The van der Waals surface area contributed by atoms with Crippen molar-refractivity contribution in [1.82, 2.24) is 10.2 Å². The highest BCUT2D eigenvalue weighted by Crippen LogP contribution is 2.19. The third-order valence-electron chi connectivity index (χ3n) is 2.60. The highest BCUT2D eigenvalue weighted by molar-refractivity contribution is 5.76. The summed E-state index contributed by atoms with van der Waals surface area (Å²) < 4.78 is 5.64. The normalized spacial score (nSPS) is 27.4. The van der Waals surface area contributed by atoms with Crippen molar-refractivity contribution in [3.05, 3.63) is 0 Å². The number of hydrogen-bond donors (Lipinski definition) is 1. The summed E-state index contributed by atoms with van der Waals surface area (Å²) in [5.41, 5.74) is -0.163. The number of likely N-dealkylation sites (N-methyl/N-ethyl adjacent to an activating group) is 1. The molecule has 1 aliphatic rings. The third kappa shape index (κ3) is 3.27. The average Bonchev–Trinajstić information content (AvgIpc) is 2.15. The number of nitrogens with zero attached hydrogens (tertiary/aromatic N) is 1. The van der Waals surface area contributed by atoms with Crippen molar-refractivity contribution in [2.45, 2.75) is 25.4 Å². The summed E-state index contributed by atoms with van der Waals surface area (Å²) in [5, 5.41) is 3.28. The van der Waals surface area contributed by atoms with Crippen LogP contribution in [0.25, 0.3) is 0 Å². The highest BCUT2D eigenvalue weighted by Gasteiger charge is 2.28. The molecule has 1 heterocycles. The number of ether oxygens (including phenoxy) is 1. The van der Waals surface area contributed by atoms with E-state index >= 15 is 0 Å². The molecule has 0 radical (unpaired) electrons. The first-order chi connectivity index (χ1) is 6.53. The van der Waals surface area contributed by atoms with Gasteiger partial charge in [-0.2, -0.15) is 0 Å². The van der Waals surface area contributed by atoms with E-state index in [1.54, 1.807) is 19.0 Å². The Morgan fingerprint density at radius 1 is 1.57 bits per heavy atom. The first kappa shape index (κ1) is 11.5.